The van der Waals surface area contributed by atoms with E-state index in [2.05, 4.69) is 13.8 Å². The van der Waals surface area contributed by atoms with E-state index in [0.717, 1.165) is 31.3 Å². The Morgan fingerprint density at radius 3 is 2.50 bits per heavy atom. The molecule has 20 heavy (non-hydrogen) atoms. The molecule has 1 aliphatic carbocycles. The molecule has 0 aliphatic heterocycles. The van der Waals surface area contributed by atoms with E-state index in [4.69, 9.17) is 27.9 Å². The molecule has 1 fully saturated rings. The third-order valence-electron chi connectivity index (χ3n) is 3.87. The van der Waals surface area contributed by atoms with Crippen LogP contribution in [0.1, 0.15) is 39.5 Å². The molecule has 0 amide bonds. The first kappa shape index (κ1) is 15.5. The monoisotopic (exact) mass is 314 g/mol. The first-order valence-electron chi connectivity index (χ1n) is 6.85. The lowest BCUT2D eigenvalue weighted by Gasteiger charge is -2.31. The fourth-order valence-electron chi connectivity index (χ4n) is 2.36. The largest absolute Gasteiger partial charge is 0.509 e. The van der Waals surface area contributed by atoms with E-state index < -0.39 is 0 Å². The molecule has 2 rings (SSSR count). The SMILES string of the molecule is CC1(C)CCC(=C(O)COc2ccc(Cl)cc2Cl)CC1. The smallest absolute Gasteiger partial charge is 0.145 e. The molecule has 0 radical (unpaired) electrons. The summed E-state index contributed by atoms with van der Waals surface area (Å²) in [6, 6.07) is 5.06. The molecule has 2 nitrogen and oxygen atoms in total. The minimum absolute atomic E-state index is 0.164. The maximum absolute atomic E-state index is 10.1. The maximum Gasteiger partial charge on any atom is 0.145 e. The highest BCUT2D eigenvalue weighted by Crippen LogP contribution is 2.38. The Morgan fingerprint density at radius 2 is 1.90 bits per heavy atom. The molecule has 1 N–H and O–H groups in total. The highest BCUT2D eigenvalue weighted by atomic mass is 35.5. The Labute approximate surface area is 130 Å². The van der Waals surface area contributed by atoms with Gasteiger partial charge in [-0.3, -0.25) is 0 Å². The number of rotatable bonds is 3. The summed E-state index contributed by atoms with van der Waals surface area (Å²) < 4.78 is 5.56. The molecule has 0 unspecified atom stereocenters. The number of allylic oxidation sites excluding steroid dienone is 1. The number of aliphatic hydroxyl groups is 1. The lowest BCUT2D eigenvalue weighted by atomic mass is 9.75. The van der Waals surface area contributed by atoms with Crippen molar-refractivity contribution >= 4 is 23.2 Å². The van der Waals surface area contributed by atoms with Gasteiger partial charge in [0.25, 0.3) is 0 Å². The molecule has 0 saturated heterocycles. The topological polar surface area (TPSA) is 29.5 Å². The minimum Gasteiger partial charge on any atom is -0.509 e. The molecule has 4 heteroatoms. The summed E-state index contributed by atoms with van der Waals surface area (Å²) in [5.74, 6) is 0.880. The van der Waals surface area contributed by atoms with Gasteiger partial charge in [0.15, 0.2) is 0 Å². The van der Waals surface area contributed by atoms with Crippen molar-refractivity contribution in [1.29, 1.82) is 0 Å². The molecule has 110 valence electrons. The van der Waals surface area contributed by atoms with Gasteiger partial charge in [0.05, 0.1) is 5.02 Å². The summed E-state index contributed by atoms with van der Waals surface area (Å²) in [7, 11) is 0. The minimum atomic E-state index is 0.164. The highest BCUT2D eigenvalue weighted by molar-refractivity contribution is 6.35. The number of halogens is 2. The van der Waals surface area contributed by atoms with Gasteiger partial charge in [-0.25, -0.2) is 0 Å². The highest BCUT2D eigenvalue weighted by Gasteiger charge is 2.25. The van der Waals surface area contributed by atoms with Gasteiger partial charge < -0.3 is 9.84 Å². The van der Waals surface area contributed by atoms with Crippen molar-refractivity contribution in [2.24, 2.45) is 5.41 Å². The number of ether oxygens (including phenoxy) is 1. The van der Waals surface area contributed by atoms with Crippen LogP contribution >= 0.6 is 23.2 Å². The van der Waals surface area contributed by atoms with Crippen molar-refractivity contribution in [1.82, 2.24) is 0 Å². The van der Waals surface area contributed by atoms with Crippen LogP contribution in [0.15, 0.2) is 29.5 Å². The van der Waals surface area contributed by atoms with E-state index in [1.807, 2.05) is 0 Å². The summed E-state index contributed by atoms with van der Waals surface area (Å²) in [5.41, 5.74) is 1.49. The Morgan fingerprint density at radius 1 is 1.25 bits per heavy atom. The number of hydrogen-bond donors (Lipinski definition) is 1. The van der Waals surface area contributed by atoms with Crippen LogP contribution < -0.4 is 4.74 Å². The van der Waals surface area contributed by atoms with Crippen LogP contribution in [-0.2, 0) is 0 Å². The first-order chi connectivity index (χ1) is 9.37. The molecule has 1 saturated carbocycles. The number of hydrogen-bond acceptors (Lipinski definition) is 2. The van der Waals surface area contributed by atoms with Gasteiger partial charge in [0.1, 0.15) is 18.1 Å². The first-order valence-corrected chi connectivity index (χ1v) is 7.61. The molecule has 1 aliphatic rings. The van der Waals surface area contributed by atoms with Gasteiger partial charge in [-0.05, 0) is 54.9 Å². The zero-order chi connectivity index (χ0) is 14.8. The predicted octanol–water partition coefficient (Wildman–Crippen LogP) is 5.78. The second kappa shape index (κ2) is 6.28. The van der Waals surface area contributed by atoms with Crippen molar-refractivity contribution in [3.63, 3.8) is 0 Å². The van der Waals surface area contributed by atoms with Crippen molar-refractivity contribution in [3.8, 4) is 5.75 Å². The van der Waals surface area contributed by atoms with Crippen LogP contribution in [0.2, 0.25) is 10.0 Å². The van der Waals surface area contributed by atoms with Crippen molar-refractivity contribution in [2.45, 2.75) is 39.5 Å². The predicted molar refractivity (Wildman–Crippen MR) is 83.9 cm³/mol. The molecular weight excluding hydrogens is 295 g/mol. The molecule has 1 aromatic carbocycles. The summed E-state index contributed by atoms with van der Waals surface area (Å²) >= 11 is 11.9. The molecule has 0 bridgehead atoms. The summed E-state index contributed by atoms with van der Waals surface area (Å²) in [6.45, 7) is 4.70. The second-order valence-electron chi connectivity index (χ2n) is 6.08. The van der Waals surface area contributed by atoms with Crippen LogP contribution in [0.4, 0.5) is 0 Å². The van der Waals surface area contributed by atoms with E-state index in [-0.39, 0.29) is 6.61 Å². The normalized spacial score (nSPS) is 17.9. The van der Waals surface area contributed by atoms with Crippen molar-refractivity contribution in [3.05, 3.63) is 39.6 Å². The quantitative estimate of drug-likeness (QED) is 0.716. The zero-order valence-electron chi connectivity index (χ0n) is 11.9. The lowest BCUT2D eigenvalue weighted by Crippen LogP contribution is -2.18. The van der Waals surface area contributed by atoms with Gasteiger partial charge >= 0.3 is 0 Å². The van der Waals surface area contributed by atoms with E-state index in [1.54, 1.807) is 18.2 Å². The van der Waals surface area contributed by atoms with Crippen LogP contribution in [0.5, 0.6) is 5.75 Å². The summed E-state index contributed by atoms with van der Waals surface area (Å²) in [6.07, 6.45) is 4.09. The fourth-order valence-corrected chi connectivity index (χ4v) is 2.82. The van der Waals surface area contributed by atoms with Gasteiger partial charge in [0, 0.05) is 5.02 Å². The summed E-state index contributed by atoms with van der Waals surface area (Å²) in [5, 5.41) is 11.2. The molecule has 0 atom stereocenters. The van der Waals surface area contributed by atoms with Crippen LogP contribution in [-0.4, -0.2) is 11.7 Å². The Hall–Kier alpha value is -0.860. The Kier molecular flexibility index (Phi) is 4.87. The molecule has 0 spiro atoms. The maximum atomic E-state index is 10.1. The molecule has 0 heterocycles. The van der Waals surface area contributed by atoms with Gasteiger partial charge in [0.2, 0.25) is 0 Å². The van der Waals surface area contributed by atoms with Gasteiger partial charge in [-0.1, -0.05) is 37.0 Å². The van der Waals surface area contributed by atoms with E-state index in [1.165, 1.54) is 0 Å². The number of aliphatic hydroxyl groups excluding tert-OH is 1. The zero-order valence-corrected chi connectivity index (χ0v) is 13.4. The lowest BCUT2D eigenvalue weighted by molar-refractivity contribution is 0.240. The molecule has 1 aromatic rings. The van der Waals surface area contributed by atoms with Gasteiger partial charge in [-0.15, -0.1) is 0 Å². The number of benzene rings is 1. The standard InChI is InChI=1S/C16H20Cl2O2/c1-16(2)7-5-11(6-8-16)14(19)10-20-15-4-3-12(17)9-13(15)18/h3-4,9,19H,5-8,10H2,1-2H3. The third kappa shape index (κ3) is 4.07. The molecular formula is C16H20Cl2O2. The molecule has 0 aromatic heterocycles. The Balaban J connectivity index is 1.96. The fraction of sp³-hybridized carbons (Fsp3) is 0.500. The average molecular weight is 315 g/mol. The Bertz CT molecular complexity index is 509. The van der Waals surface area contributed by atoms with Crippen LogP contribution in [0.25, 0.3) is 0 Å². The van der Waals surface area contributed by atoms with E-state index in [0.29, 0.717) is 27.0 Å². The average Bonchev–Trinajstić information content (AvgIpc) is 2.37. The van der Waals surface area contributed by atoms with Gasteiger partial charge in [-0.2, -0.15) is 0 Å². The van der Waals surface area contributed by atoms with Crippen LogP contribution in [0, 0.1) is 5.41 Å². The van der Waals surface area contributed by atoms with E-state index >= 15 is 0 Å². The van der Waals surface area contributed by atoms with Crippen molar-refractivity contribution < 1.29 is 9.84 Å². The second-order valence-corrected chi connectivity index (χ2v) is 6.92. The third-order valence-corrected chi connectivity index (χ3v) is 4.40. The van der Waals surface area contributed by atoms with E-state index in [9.17, 15) is 5.11 Å². The summed E-state index contributed by atoms with van der Waals surface area (Å²) in [4.78, 5) is 0. The van der Waals surface area contributed by atoms with Crippen LogP contribution in [0.3, 0.4) is 0 Å². The van der Waals surface area contributed by atoms with Crippen molar-refractivity contribution in [2.75, 3.05) is 6.61 Å².